The third-order valence-corrected chi connectivity index (χ3v) is 5.67. The lowest BCUT2D eigenvalue weighted by Gasteiger charge is -2.17. The molecule has 188 valence electrons. The van der Waals surface area contributed by atoms with Crippen LogP contribution in [-0.2, 0) is 9.53 Å². The van der Waals surface area contributed by atoms with Gasteiger partial charge in [-0.05, 0) is 43.5 Å². The number of carbonyl (C=O) groups excluding carboxylic acids is 1. The van der Waals surface area contributed by atoms with Gasteiger partial charge < -0.3 is 19.6 Å². The topological polar surface area (TPSA) is 85.7 Å². The number of aliphatic imine (C=N–C) groups is 1. The summed E-state index contributed by atoms with van der Waals surface area (Å²) in [5.74, 6) is 1.37. The van der Waals surface area contributed by atoms with E-state index < -0.39 is 0 Å². The van der Waals surface area contributed by atoms with Gasteiger partial charge >= 0.3 is 0 Å². The Morgan fingerprint density at radius 1 is 1.17 bits per heavy atom. The Kier molecular flexibility index (Phi) is 12.1. The quantitative estimate of drug-likeness (QED) is 0.260. The lowest BCUT2D eigenvalue weighted by atomic mass is 10.1. The van der Waals surface area contributed by atoms with Gasteiger partial charge in [-0.2, -0.15) is 0 Å². The van der Waals surface area contributed by atoms with Crippen LogP contribution in [-0.4, -0.2) is 42.8 Å². The molecular formula is C27H35ClN4O3. The van der Waals surface area contributed by atoms with Gasteiger partial charge in [-0.15, -0.1) is 0 Å². The van der Waals surface area contributed by atoms with Crippen molar-refractivity contribution in [3.05, 3.63) is 47.2 Å². The van der Waals surface area contributed by atoms with Crippen molar-refractivity contribution in [2.75, 3.05) is 18.5 Å². The maximum Gasteiger partial charge on any atom is 0.144 e. The third-order valence-electron chi connectivity index (χ3n) is 5.44. The number of benzene rings is 2. The number of ether oxygens (including phenoxy) is 2. The molecule has 4 rings (SSSR count). The van der Waals surface area contributed by atoms with Gasteiger partial charge in [0.15, 0.2) is 0 Å². The van der Waals surface area contributed by atoms with Gasteiger partial charge in [0.05, 0.1) is 30.1 Å². The summed E-state index contributed by atoms with van der Waals surface area (Å²) < 4.78 is 11.5. The van der Waals surface area contributed by atoms with Crippen molar-refractivity contribution in [1.29, 1.82) is 0 Å². The van der Waals surface area contributed by atoms with Gasteiger partial charge in [0.2, 0.25) is 0 Å². The van der Waals surface area contributed by atoms with E-state index in [0.29, 0.717) is 29.8 Å². The molecule has 1 fully saturated rings. The van der Waals surface area contributed by atoms with E-state index in [1.165, 1.54) is 32.0 Å². The van der Waals surface area contributed by atoms with E-state index in [-0.39, 0.29) is 6.10 Å². The van der Waals surface area contributed by atoms with E-state index in [0.717, 1.165) is 34.3 Å². The molecule has 0 bridgehead atoms. The molecule has 3 aromatic rings. The Morgan fingerprint density at radius 3 is 2.54 bits per heavy atom. The van der Waals surface area contributed by atoms with Crippen LogP contribution in [0.4, 0.5) is 17.2 Å². The van der Waals surface area contributed by atoms with Crippen LogP contribution in [0.2, 0.25) is 5.02 Å². The first-order valence-corrected chi connectivity index (χ1v) is 12.2. The summed E-state index contributed by atoms with van der Waals surface area (Å²) in [7, 11) is 0. The number of fused-ring (bicyclic) bond motifs is 1. The summed E-state index contributed by atoms with van der Waals surface area (Å²) in [5.41, 5.74) is 3.38. The highest BCUT2D eigenvalue weighted by molar-refractivity contribution is 6.30. The average molecular weight is 499 g/mol. The summed E-state index contributed by atoms with van der Waals surface area (Å²) in [6, 6.07) is 9.35. The van der Waals surface area contributed by atoms with Gasteiger partial charge in [-0.25, -0.2) is 9.97 Å². The van der Waals surface area contributed by atoms with Crippen LogP contribution in [0.25, 0.3) is 10.9 Å². The fourth-order valence-electron chi connectivity index (χ4n) is 3.67. The standard InChI is InChI=1S/C20H19ClN4O2.C6H14.CH2O/c1-12-7-14(22-2)9-17-19(12)20(24-11-23-17)25-16-4-3-13(21)8-18(16)27-15-5-6-26-10-15;1-3-5-6-4-2;1-2/h3-4,7-9,11,15H,2,5-6,10H2,1H3,(H,23,24,25);3-6H2,1-2H3;1H2. The molecule has 1 N–H and O–H groups in total. The summed E-state index contributed by atoms with van der Waals surface area (Å²) in [6.07, 6.45) is 7.94. The summed E-state index contributed by atoms with van der Waals surface area (Å²) in [4.78, 5) is 20.8. The molecule has 1 aliphatic heterocycles. The van der Waals surface area contributed by atoms with Gasteiger partial charge in [-0.3, -0.25) is 4.99 Å². The largest absolute Gasteiger partial charge is 0.486 e. The lowest BCUT2D eigenvalue weighted by Crippen LogP contribution is -2.16. The molecule has 1 atom stereocenters. The molecule has 0 radical (unpaired) electrons. The lowest BCUT2D eigenvalue weighted by molar-refractivity contribution is -0.0979. The second-order valence-electron chi connectivity index (χ2n) is 8.11. The van der Waals surface area contributed by atoms with Crippen molar-refractivity contribution >= 4 is 53.2 Å². The van der Waals surface area contributed by atoms with Crippen LogP contribution in [0.5, 0.6) is 5.75 Å². The molecule has 2 aromatic carbocycles. The van der Waals surface area contributed by atoms with E-state index in [2.05, 4.69) is 40.8 Å². The molecule has 2 heterocycles. The number of nitrogens with one attached hydrogen (secondary N) is 1. The average Bonchev–Trinajstić information content (AvgIpc) is 3.39. The number of carbonyl (C=O) groups is 1. The Labute approximate surface area is 212 Å². The van der Waals surface area contributed by atoms with Gasteiger partial charge in [0, 0.05) is 22.9 Å². The van der Waals surface area contributed by atoms with E-state index in [1.807, 2.05) is 38.0 Å². The van der Waals surface area contributed by atoms with Crippen LogP contribution in [0.15, 0.2) is 41.7 Å². The first kappa shape index (κ1) is 28.2. The maximum atomic E-state index is 8.00. The molecule has 35 heavy (non-hydrogen) atoms. The molecule has 0 aliphatic carbocycles. The molecule has 1 saturated heterocycles. The Balaban J connectivity index is 0.000000474. The van der Waals surface area contributed by atoms with E-state index in [1.54, 1.807) is 6.07 Å². The summed E-state index contributed by atoms with van der Waals surface area (Å²) in [6.45, 7) is 13.3. The van der Waals surface area contributed by atoms with Crippen LogP contribution in [0.3, 0.4) is 0 Å². The number of nitrogens with zero attached hydrogens (tertiary/aromatic N) is 3. The van der Waals surface area contributed by atoms with Crippen molar-refractivity contribution in [1.82, 2.24) is 9.97 Å². The van der Waals surface area contributed by atoms with Gasteiger partial charge in [0.1, 0.15) is 30.8 Å². The minimum absolute atomic E-state index is 0.0223. The Bertz CT molecular complexity index is 1080. The molecular weight excluding hydrogens is 464 g/mol. The van der Waals surface area contributed by atoms with Gasteiger partial charge in [0.25, 0.3) is 0 Å². The zero-order chi connectivity index (χ0) is 25.6. The highest BCUT2D eigenvalue weighted by atomic mass is 35.5. The highest BCUT2D eigenvalue weighted by Crippen LogP contribution is 2.35. The van der Waals surface area contributed by atoms with Crippen molar-refractivity contribution in [3.63, 3.8) is 0 Å². The minimum atomic E-state index is 0.0223. The number of hydrogen-bond donors (Lipinski definition) is 1. The predicted molar refractivity (Wildman–Crippen MR) is 145 cm³/mol. The first-order valence-electron chi connectivity index (χ1n) is 11.9. The van der Waals surface area contributed by atoms with Crippen LogP contribution in [0, 0.1) is 6.92 Å². The molecule has 1 unspecified atom stereocenters. The second-order valence-corrected chi connectivity index (χ2v) is 8.55. The van der Waals surface area contributed by atoms with Crippen molar-refractivity contribution in [3.8, 4) is 5.75 Å². The monoisotopic (exact) mass is 498 g/mol. The zero-order valence-corrected chi connectivity index (χ0v) is 21.6. The van der Waals surface area contributed by atoms with Crippen LogP contribution in [0.1, 0.15) is 51.5 Å². The number of unbranched alkanes of at least 4 members (excludes halogenated alkanes) is 3. The van der Waals surface area contributed by atoms with E-state index in [4.69, 9.17) is 25.9 Å². The van der Waals surface area contributed by atoms with E-state index >= 15 is 0 Å². The SMILES string of the molecule is C=Nc1cc(C)c2c(Nc3ccc(Cl)cc3OC3CCOC3)ncnc2c1.C=O.CCCCCC. The normalized spacial score (nSPS) is 14.3. The fraction of sp³-hybridized carbons (Fsp3) is 0.407. The summed E-state index contributed by atoms with van der Waals surface area (Å²) in [5, 5.41) is 4.91. The number of rotatable bonds is 8. The summed E-state index contributed by atoms with van der Waals surface area (Å²) >= 11 is 6.18. The van der Waals surface area contributed by atoms with E-state index in [9.17, 15) is 0 Å². The molecule has 7 nitrogen and oxygen atoms in total. The van der Waals surface area contributed by atoms with Gasteiger partial charge in [-0.1, -0.05) is 51.1 Å². The van der Waals surface area contributed by atoms with Crippen molar-refractivity contribution < 1.29 is 14.3 Å². The number of hydrogen-bond acceptors (Lipinski definition) is 7. The van der Waals surface area contributed by atoms with Crippen LogP contribution >= 0.6 is 11.6 Å². The molecule has 0 amide bonds. The Hall–Kier alpha value is -3.03. The number of halogens is 1. The smallest absolute Gasteiger partial charge is 0.144 e. The van der Waals surface area contributed by atoms with Crippen molar-refractivity contribution in [2.24, 2.45) is 4.99 Å². The number of aryl methyl sites for hydroxylation is 1. The molecule has 1 aliphatic rings. The molecule has 1 aromatic heterocycles. The second kappa shape index (κ2) is 15.1. The number of aromatic nitrogens is 2. The minimum Gasteiger partial charge on any atom is -0.486 e. The fourth-order valence-corrected chi connectivity index (χ4v) is 3.83. The van der Waals surface area contributed by atoms with Crippen molar-refractivity contribution in [2.45, 2.75) is 59.0 Å². The Morgan fingerprint density at radius 2 is 1.91 bits per heavy atom. The van der Waals surface area contributed by atoms with Crippen LogP contribution < -0.4 is 10.1 Å². The number of anilines is 2. The molecule has 0 spiro atoms. The highest BCUT2D eigenvalue weighted by Gasteiger charge is 2.19. The predicted octanol–water partition coefficient (Wildman–Crippen LogP) is 7.24. The molecule has 0 saturated carbocycles. The molecule has 8 heteroatoms. The zero-order valence-electron chi connectivity index (χ0n) is 20.8. The maximum absolute atomic E-state index is 8.00. The first-order chi connectivity index (χ1) is 17.0. The third kappa shape index (κ3) is 8.30.